The number of rotatable bonds is 7. The molecule has 0 radical (unpaired) electrons. The fourth-order valence-electron chi connectivity index (χ4n) is 2.57. The molecular formula is C17H22N2O. The van der Waals surface area contributed by atoms with Crippen LogP contribution in [-0.4, -0.2) is 23.5 Å². The highest BCUT2D eigenvalue weighted by Gasteiger charge is 2.32. The number of para-hydroxylation sites is 1. The van der Waals surface area contributed by atoms with E-state index in [2.05, 4.69) is 47.5 Å². The van der Waals surface area contributed by atoms with E-state index in [1.165, 1.54) is 18.5 Å². The summed E-state index contributed by atoms with van der Waals surface area (Å²) in [5, 5.41) is 3.51. The lowest BCUT2D eigenvalue weighted by Crippen LogP contribution is -2.39. The molecule has 0 bridgehead atoms. The maximum Gasteiger partial charge on any atom is 0.117 e. The van der Waals surface area contributed by atoms with Crippen LogP contribution in [-0.2, 0) is 6.54 Å². The van der Waals surface area contributed by atoms with E-state index < -0.39 is 0 Å². The average Bonchev–Trinajstić information content (AvgIpc) is 3.20. The van der Waals surface area contributed by atoms with Crippen molar-refractivity contribution in [1.29, 1.82) is 0 Å². The topological polar surface area (TPSA) is 28.4 Å². The van der Waals surface area contributed by atoms with Crippen molar-refractivity contribution in [3.8, 4) is 0 Å². The van der Waals surface area contributed by atoms with Gasteiger partial charge in [0.1, 0.15) is 5.76 Å². The van der Waals surface area contributed by atoms with Gasteiger partial charge in [-0.3, -0.25) is 4.90 Å². The molecule has 1 aliphatic rings. The van der Waals surface area contributed by atoms with Gasteiger partial charge in [0, 0.05) is 24.3 Å². The van der Waals surface area contributed by atoms with Gasteiger partial charge in [0.2, 0.25) is 0 Å². The van der Waals surface area contributed by atoms with Gasteiger partial charge in [-0.2, -0.15) is 0 Å². The van der Waals surface area contributed by atoms with Gasteiger partial charge in [-0.25, -0.2) is 0 Å². The summed E-state index contributed by atoms with van der Waals surface area (Å²) in [4.78, 5) is 2.55. The van der Waals surface area contributed by atoms with E-state index in [0.717, 1.165) is 24.9 Å². The van der Waals surface area contributed by atoms with Gasteiger partial charge in [0.15, 0.2) is 0 Å². The standard InChI is InChI=1S/C17H22N2O/c1-14(12-18-15-6-3-2-4-7-15)19(16-9-10-16)13-17-8-5-11-20-17/h2-8,11,14,16,18H,9-10,12-13H2,1H3. The van der Waals surface area contributed by atoms with Crippen LogP contribution >= 0.6 is 0 Å². The molecule has 1 aromatic carbocycles. The van der Waals surface area contributed by atoms with E-state index in [1.54, 1.807) is 6.26 Å². The Hall–Kier alpha value is -1.74. The van der Waals surface area contributed by atoms with Crippen LogP contribution in [0.2, 0.25) is 0 Å². The summed E-state index contributed by atoms with van der Waals surface area (Å²) in [6.45, 7) is 4.16. The molecule has 0 aliphatic heterocycles. The third-order valence-corrected chi connectivity index (χ3v) is 3.88. The van der Waals surface area contributed by atoms with Crippen molar-refractivity contribution in [2.24, 2.45) is 0 Å². The molecule has 0 amide bonds. The smallest absolute Gasteiger partial charge is 0.117 e. The second-order valence-electron chi connectivity index (χ2n) is 5.58. The maximum atomic E-state index is 5.49. The molecule has 1 N–H and O–H groups in total. The molecule has 106 valence electrons. The minimum atomic E-state index is 0.493. The van der Waals surface area contributed by atoms with Crippen LogP contribution in [0.4, 0.5) is 5.69 Å². The first-order chi connectivity index (χ1) is 9.83. The minimum absolute atomic E-state index is 0.493. The molecule has 1 fully saturated rings. The molecule has 1 aliphatic carbocycles. The first kappa shape index (κ1) is 13.3. The van der Waals surface area contributed by atoms with Crippen molar-refractivity contribution in [1.82, 2.24) is 4.90 Å². The highest BCUT2D eigenvalue weighted by Crippen LogP contribution is 2.30. The van der Waals surface area contributed by atoms with Crippen LogP contribution in [0.5, 0.6) is 0 Å². The second-order valence-corrected chi connectivity index (χ2v) is 5.58. The number of furan rings is 1. The maximum absolute atomic E-state index is 5.49. The van der Waals surface area contributed by atoms with Crippen LogP contribution in [0.1, 0.15) is 25.5 Å². The number of hydrogen-bond donors (Lipinski definition) is 1. The molecule has 20 heavy (non-hydrogen) atoms. The number of nitrogens with zero attached hydrogens (tertiary/aromatic N) is 1. The van der Waals surface area contributed by atoms with E-state index in [4.69, 9.17) is 4.42 Å². The molecule has 1 saturated carbocycles. The Morgan fingerprint density at radius 3 is 2.65 bits per heavy atom. The number of nitrogens with one attached hydrogen (secondary N) is 1. The Labute approximate surface area is 120 Å². The molecule has 0 spiro atoms. The summed E-state index contributed by atoms with van der Waals surface area (Å²) in [5.41, 5.74) is 1.19. The highest BCUT2D eigenvalue weighted by atomic mass is 16.3. The van der Waals surface area contributed by atoms with Crippen LogP contribution in [0.25, 0.3) is 0 Å². The first-order valence-electron chi connectivity index (χ1n) is 7.40. The Morgan fingerprint density at radius 2 is 2.00 bits per heavy atom. The first-order valence-corrected chi connectivity index (χ1v) is 7.40. The molecule has 1 unspecified atom stereocenters. The van der Waals surface area contributed by atoms with E-state index in [1.807, 2.05) is 12.1 Å². The van der Waals surface area contributed by atoms with Crippen molar-refractivity contribution >= 4 is 5.69 Å². The molecular weight excluding hydrogens is 248 g/mol. The Balaban J connectivity index is 1.57. The zero-order valence-electron chi connectivity index (χ0n) is 12.0. The van der Waals surface area contributed by atoms with Crippen molar-refractivity contribution in [3.05, 3.63) is 54.5 Å². The number of benzene rings is 1. The molecule has 1 heterocycles. The Bertz CT molecular complexity index is 505. The highest BCUT2D eigenvalue weighted by molar-refractivity contribution is 5.42. The van der Waals surface area contributed by atoms with E-state index in [9.17, 15) is 0 Å². The van der Waals surface area contributed by atoms with Gasteiger partial charge >= 0.3 is 0 Å². The van der Waals surface area contributed by atoms with E-state index in [0.29, 0.717) is 6.04 Å². The van der Waals surface area contributed by atoms with Crippen LogP contribution in [0.15, 0.2) is 53.1 Å². The van der Waals surface area contributed by atoms with E-state index in [-0.39, 0.29) is 0 Å². The predicted molar refractivity (Wildman–Crippen MR) is 81.7 cm³/mol. The molecule has 3 nitrogen and oxygen atoms in total. The second kappa shape index (κ2) is 6.14. The van der Waals surface area contributed by atoms with Crippen molar-refractivity contribution in [2.45, 2.75) is 38.4 Å². The summed E-state index contributed by atoms with van der Waals surface area (Å²) < 4.78 is 5.49. The largest absolute Gasteiger partial charge is 0.468 e. The van der Waals surface area contributed by atoms with Crippen molar-refractivity contribution in [2.75, 3.05) is 11.9 Å². The SMILES string of the molecule is CC(CNc1ccccc1)N(Cc1ccco1)C1CC1. The Kier molecular flexibility index (Phi) is 4.07. The molecule has 1 aromatic heterocycles. The summed E-state index contributed by atoms with van der Waals surface area (Å²) in [6, 6.07) is 15.6. The summed E-state index contributed by atoms with van der Waals surface area (Å²) >= 11 is 0. The van der Waals surface area contributed by atoms with Crippen molar-refractivity contribution in [3.63, 3.8) is 0 Å². The predicted octanol–water partition coefficient (Wildman–Crippen LogP) is 3.74. The molecule has 3 heteroatoms. The van der Waals surface area contributed by atoms with Crippen LogP contribution in [0, 0.1) is 0 Å². The Morgan fingerprint density at radius 1 is 1.20 bits per heavy atom. The zero-order valence-corrected chi connectivity index (χ0v) is 12.0. The quantitative estimate of drug-likeness (QED) is 0.830. The normalized spacial score (nSPS) is 16.3. The number of anilines is 1. The van der Waals surface area contributed by atoms with Gasteiger partial charge in [0.05, 0.1) is 12.8 Å². The molecule has 1 atom stereocenters. The summed E-state index contributed by atoms with van der Waals surface area (Å²) in [6.07, 6.45) is 4.39. The lowest BCUT2D eigenvalue weighted by Gasteiger charge is -2.28. The fourth-order valence-corrected chi connectivity index (χ4v) is 2.57. The number of hydrogen-bond acceptors (Lipinski definition) is 3. The lowest BCUT2D eigenvalue weighted by atomic mass is 10.2. The van der Waals surface area contributed by atoms with Gasteiger partial charge < -0.3 is 9.73 Å². The molecule has 0 saturated heterocycles. The summed E-state index contributed by atoms with van der Waals surface area (Å²) in [7, 11) is 0. The minimum Gasteiger partial charge on any atom is -0.468 e. The van der Waals surface area contributed by atoms with Gasteiger partial charge in [-0.15, -0.1) is 0 Å². The average molecular weight is 270 g/mol. The van der Waals surface area contributed by atoms with Crippen LogP contribution < -0.4 is 5.32 Å². The monoisotopic (exact) mass is 270 g/mol. The van der Waals surface area contributed by atoms with Crippen LogP contribution in [0.3, 0.4) is 0 Å². The molecule has 2 aromatic rings. The third kappa shape index (κ3) is 3.42. The van der Waals surface area contributed by atoms with Gasteiger partial charge in [0.25, 0.3) is 0 Å². The van der Waals surface area contributed by atoms with Gasteiger partial charge in [-0.1, -0.05) is 18.2 Å². The summed E-state index contributed by atoms with van der Waals surface area (Å²) in [5.74, 6) is 1.06. The van der Waals surface area contributed by atoms with Crippen molar-refractivity contribution < 1.29 is 4.42 Å². The zero-order chi connectivity index (χ0) is 13.8. The fraction of sp³-hybridized carbons (Fsp3) is 0.412. The van der Waals surface area contributed by atoms with Gasteiger partial charge in [-0.05, 0) is 44.0 Å². The van der Waals surface area contributed by atoms with E-state index >= 15 is 0 Å². The molecule has 3 rings (SSSR count). The third-order valence-electron chi connectivity index (χ3n) is 3.88. The lowest BCUT2D eigenvalue weighted by molar-refractivity contribution is 0.182.